The Balaban J connectivity index is 2.21. The number of hydrogen-bond acceptors (Lipinski definition) is 5. The van der Waals surface area contributed by atoms with Gasteiger partial charge in [0, 0.05) is 53.9 Å². The molecule has 0 saturated carbocycles. The first-order valence-corrected chi connectivity index (χ1v) is 8.81. The fourth-order valence-corrected chi connectivity index (χ4v) is 3.14. The number of nitrogens with zero attached hydrogens (tertiary/aromatic N) is 3. The average molecular weight is 296 g/mol. The van der Waals surface area contributed by atoms with E-state index < -0.39 is 10.8 Å². The summed E-state index contributed by atoms with van der Waals surface area (Å²) in [5.41, 5.74) is 0. The number of anilines is 2. The van der Waals surface area contributed by atoms with Crippen molar-refractivity contribution in [3.8, 4) is 0 Å². The maximum absolute atomic E-state index is 11.5. The molecule has 0 radical (unpaired) electrons. The van der Waals surface area contributed by atoms with Gasteiger partial charge in [-0.05, 0) is 6.42 Å². The monoisotopic (exact) mass is 296 g/mol. The lowest BCUT2D eigenvalue weighted by Gasteiger charge is -2.28. The Kier molecular flexibility index (Phi) is 5.34. The topological polar surface area (TPSA) is 58.1 Å². The molecule has 1 N–H and O–H groups in total. The Morgan fingerprint density at radius 2 is 2.05 bits per heavy atom. The van der Waals surface area contributed by atoms with E-state index in [1.54, 1.807) is 0 Å². The second kappa shape index (κ2) is 7.02. The molecule has 0 spiro atoms. The lowest BCUT2D eigenvalue weighted by Crippen LogP contribution is -2.38. The van der Waals surface area contributed by atoms with Crippen molar-refractivity contribution in [1.29, 1.82) is 0 Å². The first kappa shape index (κ1) is 15.2. The fraction of sp³-hybridized carbons (Fsp3) is 0.714. The summed E-state index contributed by atoms with van der Waals surface area (Å²) >= 11 is 0. The third-order valence-electron chi connectivity index (χ3n) is 3.30. The molecule has 2 heterocycles. The van der Waals surface area contributed by atoms with E-state index in [2.05, 4.69) is 41.0 Å². The first-order chi connectivity index (χ1) is 9.60. The zero-order chi connectivity index (χ0) is 14.5. The van der Waals surface area contributed by atoms with Gasteiger partial charge < -0.3 is 10.2 Å². The van der Waals surface area contributed by atoms with Crippen molar-refractivity contribution in [3.63, 3.8) is 0 Å². The molecule has 1 saturated heterocycles. The van der Waals surface area contributed by atoms with Gasteiger partial charge in [0.2, 0.25) is 0 Å². The van der Waals surface area contributed by atoms with E-state index in [1.165, 1.54) is 0 Å². The summed E-state index contributed by atoms with van der Waals surface area (Å²) in [5.74, 6) is 4.49. The van der Waals surface area contributed by atoms with Crippen molar-refractivity contribution >= 4 is 22.4 Å². The number of hydrogen-bond donors (Lipinski definition) is 1. The molecular weight excluding hydrogens is 272 g/mol. The van der Waals surface area contributed by atoms with Crippen LogP contribution in [-0.2, 0) is 10.8 Å². The van der Waals surface area contributed by atoms with Crippen LogP contribution in [0.3, 0.4) is 0 Å². The molecule has 0 aromatic carbocycles. The van der Waals surface area contributed by atoms with Crippen LogP contribution in [0.15, 0.2) is 6.07 Å². The second-order valence-electron chi connectivity index (χ2n) is 5.39. The molecule has 112 valence electrons. The normalized spacial score (nSPS) is 16.7. The van der Waals surface area contributed by atoms with Crippen LogP contribution >= 0.6 is 0 Å². The van der Waals surface area contributed by atoms with Gasteiger partial charge in [0.05, 0.1) is 0 Å². The van der Waals surface area contributed by atoms with Crippen molar-refractivity contribution in [2.24, 2.45) is 0 Å². The van der Waals surface area contributed by atoms with E-state index in [-0.39, 0.29) is 0 Å². The number of rotatable bonds is 5. The van der Waals surface area contributed by atoms with Gasteiger partial charge in [0.1, 0.15) is 17.5 Å². The third kappa shape index (κ3) is 3.91. The van der Waals surface area contributed by atoms with Gasteiger partial charge >= 0.3 is 0 Å². The van der Waals surface area contributed by atoms with E-state index in [9.17, 15) is 4.21 Å². The molecule has 0 bridgehead atoms. The van der Waals surface area contributed by atoms with Gasteiger partial charge in [-0.3, -0.25) is 4.21 Å². The van der Waals surface area contributed by atoms with Crippen molar-refractivity contribution in [1.82, 2.24) is 9.97 Å². The SMILES string of the molecule is CCCNc1cc(N2CCS(=O)CC2)nc(C(C)C)n1. The van der Waals surface area contributed by atoms with Gasteiger partial charge in [0.25, 0.3) is 0 Å². The summed E-state index contributed by atoms with van der Waals surface area (Å²) in [6, 6.07) is 2.01. The van der Waals surface area contributed by atoms with E-state index in [0.29, 0.717) is 5.92 Å². The lowest BCUT2D eigenvalue weighted by atomic mass is 10.2. The smallest absolute Gasteiger partial charge is 0.135 e. The van der Waals surface area contributed by atoms with E-state index in [1.807, 2.05) is 6.07 Å². The molecule has 1 aliphatic rings. The Morgan fingerprint density at radius 3 is 2.65 bits per heavy atom. The standard InChI is InChI=1S/C14H24N4OS/c1-4-5-15-12-10-13(17-14(16-12)11(2)3)18-6-8-20(19)9-7-18/h10-11H,4-9H2,1-3H3,(H,15,16,17). The fourth-order valence-electron chi connectivity index (χ4n) is 2.08. The third-order valence-corrected chi connectivity index (χ3v) is 4.58. The first-order valence-electron chi connectivity index (χ1n) is 7.33. The van der Waals surface area contributed by atoms with E-state index in [4.69, 9.17) is 0 Å². The summed E-state index contributed by atoms with van der Waals surface area (Å²) in [4.78, 5) is 11.5. The van der Waals surface area contributed by atoms with Crippen LogP contribution in [-0.4, -0.2) is 45.3 Å². The molecule has 0 atom stereocenters. The van der Waals surface area contributed by atoms with Crippen LogP contribution in [0.5, 0.6) is 0 Å². The zero-order valence-electron chi connectivity index (χ0n) is 12.6. The second-order valence-corrected chi connectivity index (χ2v) is 7.08. The predicted octanol–water partition coefficient (Wildman–Crippen LogP) is 1.99. The molecule has 1 aromatic rings. The largest absolute Gasteiger partial charge is 0.370 e. The van der Waals surface area contributed by atoms with Crippen LogP contribution in [0.4, 0.5) is 11.6 Å². The van der Waals surface area contributed by atoms with Gasteiger partial charge in [-0.25, -0.2) is 9.97 Å². The molecular formula is C14H24N4OS. The minimum atomic E-state index is -0.660. The van der Waals surface area contributed by atoms with Gasteiger partial charge in [-0.1, -0.05) is 20.8 Å². The highest BCUT2D eigenvalue weighted by Gasteiger charge is 2.18. The molecule has 20 heavy (non-hydrogen) atoms. The van der Waals surface area contributed by atoms with E-state index >= 15 is 0 Å². The van der Waals surface area contributed by atoms with Gasteiger partial charge in [-0.15, -0.1) is 0 Å². The summed E-state index contributed by atoms with van der Waals surface area (Å²) in [7, 11) is -0.660. The molecule has 1 fully saturated rings. The predicted molar refractivity (Wildman–Crippen MR) is 85.0 cm³/mol. The molecule has 6 heteroatoms. The summed E-state index contributed by atoms with van der Waals surface area (Å²) in [6.45, 7) is 8.89. The molecule has 0 unspecified atom stereocenters. The molecule has 0 aliphatic carbocycles. The lowest BCUT2D eigenvalue weighted by molar-refractivity contribution is 0.671. The van der Waals surface area contributed by atoms with Gasteiger partial charge in [-0.2, -0.15) is 0 Å². The van der Waals surface area contributed by atoms with Crippen LogP contribution in [0.25, 0.3) is 0 Å². The van der Waals surface area contributed by atoms with Crippen LogP contribution in [0.1, 0.15) is 38.9 Å². The van der Waals surface area contributed by atoms with E-state index in [0.717, 1.165) is 55.0 Å². The van der Waals surface area contributed by atoms with Crippen molar-refractivity contribution < 1.29 is 4.21 Å². The highest BCUT2D eigenvalue weighted by Crippen LogP contribution is 2.21. The molecule has 1 aliphatic heterocycles. The highest BCUT2D eigenvalue weighted by molar-refractivity contribution is 7.85. The Bertz CT molecular complexity index is 468. The molecule has 5 nitrogen and oxygen atoms in total. The van der Waals surface area contributed by atoms with Crippen molar-refractivity contribution in [3.05, 3.63) is 11.9 Å². The van der Waals surface area contributed by atoms with Crippen molar-refractivity contribution in [2.45, 2.75) is 33.1 Å². The van der Waals surface area contributed by atoms with Crippen LogP contribution < -0.4 is 10.2 Å². The maximum atomic E-state index is 11.5. The molecule has 2 rings (SSSR count). The molecule has 1 aromatic heterocycles. The summed E-state index contributed by atoms with van der Waals surface area (Å²) in [6.07, 6.45) is 1.07. The number of aromatic nitrogens is 2. The summed E-state index contributed by atoms with van der Waals surface area (Å²) in [5, 5.41) is 3.34. The minimum Gasteiger partial charge on any atom is -0.370 e. The van der Waals surface area contributed by atoms with Crippen molar-refractivity contribution in [2.75, 3.05) is 41.4 Å². The average Bonchev–Trinajstić information content (AvgIpc) is 2.45. The van der Waals surface area contributed by atoms with Crippen LogP contribution in [0, 0.1) is 0 Å². The molecule has 0 amide bonds. The zero-order valence-corrected chi connectivity index (χ0v) is 13.4. The maximum Gasteiger partial charge on any atom is 0.135 e. The number of nitrogens with one attached hydrogen (secondary N) is 1. The van der Waals surface area contributed by atoms with Gasteiger partial charge in [0.15, 0.2) is 0 Å². The highest BCUT2D eigenvalue weighted by atomic mass is 32.2. The van der Waals surface area contributed by atoms with Crippen LogP contribution in [0.2, 0.25) is 0 Å². The quantitative estimate of drug-likeness (QED) is 0.900. The Hall–Kier alpha value is -1.17. The minimum absolute atomic E-state index is 0.302. The summed E-state index contributed by atoms with van der Waals surface area (Å²) < 4.78 is 11.5. The Labute approximate surface area is 123 Å². The Morgan fingerprint density at radius 1 is 1.35 bits per heavy atom.